The fourth-order valence-corrected chi connectivity index (χ4v) is 2.18. The third-order valence-corrected chi connectivity index (χ3v) is 3.57. The van der Waals surface area contributed by atoms with E-state index < -0.39 is 11.4 Å². The standard InChI is InChI=1S/C17H25NO3/c1-12-9-13(2)11-14(10-12)5-6-15(19)18-8-7-17(3,4)16(20)21/h9-11H,5-8H2,1-4H3,(H,18,19)(H,20,21). The summed E-state index contributed by atoms with van der Waals surface area (Å²) in [5, 5.41) is 11.8. The molecular weight excluding hydrogens is 266 g/mol. The third kappa shape index (κ3) is 5.98. The van der Waals surface area contributed by atoms with E-state index in [2.05, 4.69) is 23.5 Å². The van der Waals surface area contributed by atoms with Gasteiger partial charge in [0, 0.05) is 13.0 Å². The quantitative estimate of drug-likeness (QED) is 0.811. The van der Waals surface area contributed by atoms with Crippen molar-refractivity contribution in [2.45, 2.75) is 47.0 Å². The lowest BCUT2D eigenvalue weighted by atomic mass is 9.90. The summed E-state index contributed by atoms with van der Waals surface area (Å²) in [5.74, 6) is -0.873. The minimum atomic E-state index is -0.841. The summed E-state index contributed by atoms with van der Waals surface area (Å²) in [6, 6.07) is 6.29. The van der Waals surface area contributed by atoms with Crippen LogP contribution in [-0.4, -0.2) is 23.5 Å². The van der Waals surface area contributed by atoms with E-state index in [-0.39, 0.29) is 5.91 Å². The van der Waals surface area contributed by atoms with Crippen LogP contribution in [0, 0.1) is 19.3 Å². The molecular formula is C17H25NO3. The number of rotatable bonds is 7. The molecule has 1 rings (SSSR count). The molecule has 0 radical (unpaired) electrons. The molecule has 0 bridgehead atoms. The number of hydrogen-bond acceptors (Lipinski definition) is 2. The Morgan fingerprint density at radius 1 is 1.14 bits per heavy atom. The predicted molar refractivity (Wildman–Crippen MR) is 83.3 cm³/mol. The number of hydrogen-bond donors (Lipinski definition) is 2. The van der Waals surface area contributed by atoms with Gasteiger partial charge in [0.25, 0.3) is 0 Å². The molecule has 0 unspecified atom stereocenters. The molecule has 0 aliphatic carbocycles. The maximum atomic E-state index is 11.8. The maximum Gasteiger partial charge on any atom is 0.309 e. The highest BCUT2D eigenvalue weighted by molar-refractivity contribution is 5.76. The first-order valence-electron chi connectivity index (χ1n) is 7.28. The molecule has 0 aliphatic heterocycles. The largest absolute Gasteiger partial charge is 0.481 e. The van der Waals surface area contributed by atoms with Crippen molar-refractivity contribution in [1.82, 2.24) is 5.32 Å². The van der Waals surface area contributed by atoms with Crippen LogP contribution < -0.4 is 5.32 Å². The second-order valence-corrected chi connectivity index (χ2v) is 6.28. The SMILES string of the molecule is Cc1cc(C)cc(CCC(=O)NCCC(C)(C)C(=O)O)c1. The summed E-state index contributed by atoms with van der Waals surface area (Å²) in [7, 11) is 0. The first-order valence-corrected chi connectivity index (χ1v) is 7.28. The average Bonchev–Trinajstić information content (AvgIpc) is 2.35. The molecule has 1 aromatic rings. The van der Waals surface area contributed by atoms with Crippen LogP contribution in [0.25, 0.3) is 0 Å². The van der Waals surface area contributed by atoms with Crippen LogP contribution >= 0.6 is 0 Å². The fraction of sp³-hybridized carbons (Fsp3) is 0.529. The predicted octanol–water partition coefficient (Wildman–Crippen LogP) is 2.85. The molecule has 0 atom stereocenters. The van der Waals surface area contributed by atoms with E-state index in [1.807, 2.05) is 13.8 Å². The Morgan fingerprint density at radius 3 is 2.24 bits per heavy atom. The van der Waals surface area contributed by atoms with Crippen molar-refractivity contribution in [1.29, 1.82) is 0 Å². The van der Waals surface area contributed by atoms with Crippen LogP contribution in [-0.2, 0) is 16.0 Å². The number of aryl methyl sites for hydroxylation is 3. The fourth-order valence-electron chi connectivity index (χ4n) is 2.18. The van der Waals surface area contributed by atoms with Gasteiger partial charge in [-0.15, -0.1) is 0 Å². The lowest BCUT2D eigenvalue weighted by molar-refractivity contribution is -0.147. The topological polar surface area (TPSA) is 66.4 Å². The van der Waals surface area contributed by atoms with Crippen LogP contribution in [0.3, 0.4) is 0 Å². The molecule has 0 aromatic heterocycles. The zero-order valence-electron chi connectivity index (χ0n) is 13.3. The number of benzene rings is 1. The summed E-state index contributed by atoms with van der Waals surface area (Å²) in [6.07, 6.45) is 1.56. The molecule has 0 saturated heterocycles. The number of carbonyl (C=O) groups is 2. The van der Waals surface area contributed by atoms with Crippen molar-refractivity contribution in [3.8, 4) is 0 Å². The second kappa shape index (κ2) is 7.25. The van der Waals surface area contributed by atoms with E-state index in [1.165, 1.54) is 11.1 Å². The highest BCUT2D eigenvalue weighted by atomic mass is 16.4. The Balaban J connectivity index is 2.36. The van der Waals surface area contributed by atoms with Crippen molar-refractivity contribution in [3.05, 3.63) is 34.9 Å². The zero-order chi connectivity index (χ0) is 16.0. The number of carboxylic acids is 1. The van der Waals surface area contributed by atoms with E-state index in [0.717, 1.165) is 5.56 Å². The number of amides is 1. The Kier molecular flexibility index (Phi) is 5.94. The summed E-state index contributed by atoms with van der Waals surface area (Å²) in [5.41, 5.74) is 2.76. The Hall–Kier alpha value is -1.84. The Bertz CT molecular complexity index is 501. The van der Waals surface area contributed by atoms with E-state index >= 15 is 0 Å². The molecule has 0 saturated carbocycles. The van der Waals surface area contributed by atoms with E-state index in [9.17, 15) is 9.59 Å². The van der Waals surface area contributed by atoms with Gasteiger partial charge >= 0.3 is 5.97 Å². The number of carbonyl (C=O) groups excluding carboxylic acids is 1. The van der Waals surface area contributed by atoms with Gasteiger partial charge in [0.05, 0.1) is 5.41 Å². The van der Waals surface area contributed by atoms with Crippen molar-refractivity contribution in [2.24, 2.45) is 5.41 Å². The van der Waals surface area contributed by atoms with Crippen LogP contribution in [0.2, 0.25) is 0 Å². The Morgan fingerprint density at radius 2 is 1.71 bits per heavy atom. The first-order chi connectivity index (χ1) is 9.70. The van der Waals surface area contributed by atoms with Crippen LogP contribution in [0.15, 0.2) is 18.2 Å². The highest BCUT2D eigenvalue weighted by Crippen LogP contribution is 2.19. The van der Waals surface area contributed by atoms with Crippen LogP contribution in [0.4, 0.5) is 0 Å². The van der Waals surface area contributed by atoms with Gasteiger partial charge in [0.15, 0.2) is 0 Å². The highest BCUT2D eigenvalue weighted by Gasteiger charge is 2.26. The van der Waals surface area contributed by atoms with Crippen LogP contribution in [0.1, 0.15) is 43.4 Å². The van der Waals surface area contributed by atoms with Gasteiger partial charge in [0.1, 0.15) is 0 Å². The zero-order valence-corrected chi connectivity index (χ0v) is 13.3. The lowest BCUT2D eigenvalue weighted by Crippen LogP contribution is -2.32. The molecule has 21 heavy (non-hydrogen) atoms. The maximum absolute atomic E-state index is 11.8. The van der Waals surface area contributed by atoms with Gasteiger partial charge in [-0.3, -0.25) is 9.59 Å². The van der Waals surface area contributed by atoms with Gasteiger partial charge in [-0.1, -0.05) is 29.3 Å². The molecule has 0 heterocycles. The summed E-state index contributed by atoms with van der Waals surface area (Å²) >= 11 is 0. The second-order valence-electron chi connectivity index (χ2n) is 6.28. The van der Waals surface area contributed by atoms with Crippen molar-refractivity contribution >= 4 is 11.9 Å². The molecule has 2 N–H and O–H groups in total. The molecule has 0 aliphatic rings. The van der Waals surface area contributed by atoms with E-state index in [1.54, 1.807) is 13.8 Å². The van der Waals surface area contributed by atoms with Gasteiger partial charge in [0.2, 0.25) is 5.91 Å². The number of aliphatic carboxylic acids is 1. The minimum Gasteiger partial charge on any atom is -0.481 e. The minimum absolute atomic E-state index is 0.0321. The first kappa shape index (κ1) is 17.2. The number of carboxylic acid groups (broad SMARTS) is 1. The molecule has 1 amide bonds. The molecule has 116 valence electrons. The van der Waals surface area contributed by atoms with Crippen molar-refractivity contribution in [2.75, 3.05) is 6.54 Å². The van der Waals surface area contributed by atoms with Gasteiger partial charge in [-0.25, -0.2) is 0 Å². The smallest absolute Gasteiger partial charge is 0.309 e. The Labute approximate surface area is 126 Å². The molecule has 4 nitrogen and oxygen atoms in total. The van der Waals surface area contributed by atoms with Gasteiger partial charge in [-0.05, 0) is 46.1 Å². The van der Waals surface area contributed by atoms with E-state index in [4.69, 9.17) is 5.11 Å². The average molecular weight is 291 g/mol. The normalized spacial score (nSPS) is 11.2. The van der Waals surface area contributed by atoms with Gasteiger partial charge in [-0.2, -0.15) is 0 Å². The molecule has 0 spiro atoms. The number of nitrogens with one attached hydrogen (secondary N) is 1. The summed E-state index contributed by atoms with van der Waals surface area (Å²) in [4.78, 5) is 22.7. The summed E-state index contributed by atoms with van der Waals surface area (Å²) in [6.45, 7) is 7.81. The monoisotopic (exact) mass is 291 g/mol. The van der Waals surface area contributed by atoms with Gasteiger partial charge < -0.3 is 10.4 Å². The van der Waals surface area contributed by atoms with Crippen molar-refractivity contribution in [3.63, 3.8) is 0 Å². The third-order valence-electron chi connectivity index (χ3n) is 3.57. The summed E-state index contributed by atoms with van der Waals surface area (Å²) < 4.78 is 0. The molecule has 0 fully saturated rings. The van der Waals surface area contributed by atoms with E-state index in [0.29, 0.717) is 25.8 Å². The lowest BCUT2D eigenvalue weighted by Gasteiger charge is -2.18. The van der Waals surface area contributed by atoms with Crippen LogP contribution in [0.5, 0.6) is 0 Å². The molecule has 1 aromatic carbocycles. The molecule has 4 heteroatoms. The van der Waals surface area contributed by atoms with Crippen molar-refractivity contribution < 1.29 is 14.7 Å².